The van der Waals surface area contributed by atoms with E-state index in [9.17, 15) is 14.5 Å². The molecule has 0 spiro atoms. The molecule has 0 saturated heterocycles. The van der Waals surface area contributed by atoms with E-state index in [0.717, 1.165) is 5.56 Å². The Morgan fingerprint density at radius 3 is 2.74 bits per heavy atom. The molecule has 0 aromatic heterocycles. The Bertz CT molecular complexity index is 592. The molecule has 0 aliphatic rings. The summed E-state index contributed by atoms with van der Waals surface area (Å²) in [6.07, 6.45) is 0. The molecule has 0 heterocycles. The van der Waals surface area contributed by atoms with Crippen molar-refractivity contribution in [1.29, 1.82) is 0 Å². The van der Waals surface area contributed by atoms with Gasteiger partial charge >= 0.3 is 0 Å². The predicted molar refractivity (Wildman–Crippen MR) is 74.4 cm³/mol. The molecule has 0 fully saturated rings. The molecule has 2 aromatic rings. The first-order chi connectivity index (χ1) is 9.15. The fourth-order valence-electron chi connectivity index (χ4n) is 1.51. The summed E-state index contributed by atoms with van der Waals surface area (Å²) in [4.78, 5) is 10.2. The highest BCUT2D eigenvalue weighted by Crippen LogP contribution is 2.20. The minimum absolute atomic E-state index is 0.0730. The highest BCUT2D eigenvalue weighted by Gasteiger charge is 2.05. The summed E-state index contributed by atoms with van der Waals surface area (Å²) in [5.74, 6) is 0.249. The summed E-state index contributed by atoms with van der Waals surface area (Å²) in [6, 6.07) is 12.6. The molecule has 1 N–H and O–H groups in total. The Balaban J connectivity index is 1.92. The average Bonchev–Trinajstić information content (AvgIpc) is 2.39. The lowest BCUT2D eigenvalue weighted by atomic mass is 10.2. The lowest BCUT2D eigenvalue weighted by molar-refractivity contribution is -0.384. The van der Waals surface area contributed by atoms with Crippen LogP contribution >= 0.6 is 11.9 Å². The summed E-state index contributed by atoms with van der Waals surface area (Å²) in [5.41, 5.74) is 1.57. The van der Waals surface area contributed by atoms with E-state index in [1.165, 1.54) is 36.2 Å². The second kappa shape index (κ2) is 6.19. The van der Waals surface area contributed by atoms with Crippen molar-refractivity contribution in [2.24, 2.45) is 0 Å². The van der Waals surface area contributed by atoms with Crippen molar-refractivity contribution >= 4 is 23.3 Å². The van der Waals surface area contributed by atoms with Gasteiger partial charge < -0.3 is 4.72 Å². The quantitative estimate of drug-likeness (QED) is 0.510. The number of nitro benzene ring substituents is 1. The highest BCUT2D eigenvalue weighted by molar-refractivity contribution is 7.99. The number of non-ortho nitro benzene ring substituents is 1. The molecular weight excluding hydrogens is 267 g/mol. The Hall–Kier alpha value is -2.08. The van der Waals surface area contributed by atoms with E-state index in [-0.39, 0.29) is 11.5 Å². The minimum Gasteiger partial charge on any atom is -0.329 e. The zero-order chi connectivity index (χ0) is 13.7. The van der Waals surface area contributed by atoms with Crippen LogP contribution in [0.15, 0.2) is 48.5 Å². The van der Waals surface area contributed by atoms with Crippen LogP contribution in [0, 0.1) is 15.9 Å². The van der Waals surface area contributed by atoms with E-state index in [0.29, 0.717) is 11.4 Å². The molecule has 0 radical (unpaired) electrons. The van der Waals surface area contributed by atoms with Gasteiger partial charge in [0.25, 0.3) is 5.69 Å². The lowest BCUT2D eigenvalue weighted by Gasteiger charge is -2.05. The number of nitro groups is 1. The van der Waals surface area contributed by atoms with Crippen molar-refractivity contribution in [2.75, 3.05) is 4.72 Å². The van der Waals surface area contributed by atoms with Gasteiger partial charge in [0, 0.05) is 23.6 Å². The van der Waals surface area contributed by atoms with Crippen LogP contribution < -0.4 is 4.72 Å². The van der Waals surface area contributed by atoms with Crippen LogP contribution in [0.5, 0.6) is 0 Å². The van der Waals surface area contributed by atoms with Gasteiger partial charge in [0.2, 0.25) is 0 Å². The van der Waals surface area contributed by atoms with Gasteiger partial charge in [0.1, 0.15) is 5.82 Å². The normalized spacial score (nSPS) is 10.2. The molecule has 0 unspecified atom stereocenters. The number of hydrogen-bond donors (Lipinski definition) is 1. The van der Waals surface area contributed by atoms with Crippen LogP contribution in [0.25, 0.3) is 0 Å². The Morgan fingerprint density at radius 2 is 2.00 bits per heavy atom. The molecule has 0 atom stereocenters. The van der Waals surface area contributed by atoms with E-state index in [2.05, 4.69) is 4.72 Å². The molecule has 0 amide bonds. The first kappa shape index (κ1) is 13.4. The maximum atomic E-state index is 12.9. The zero-order valence-corrected chi connectivity index (χ0v) is 10.7. The smallest absolute Gasteiger partial charge is 0.269 e. The fraction of sp³-hybridized carbons (Fsp3) is 0.0769. The van der Waals surface area contributed by atoms with Crippen LogP contribution in [0.3, 0.4) is 0 Å². The molecule has 0 aliphatic heterocycles. The first-order valence-corrected chi connectivity index (χ1v) is 6.50. The van der Waals surface area contributed by atoms with Gasteiger partial charge in [-0.15, -0.1) is 0 Å². The topological polar surface area (TPSA) is 55.2 Å². The van der Waals surface area contributed by atoms with Crippen LogP contribution in [0.1, 0.15) is 5.56 Å². The third kappa shape index (κ3) is 3.96. The second-order valence-corrected chi connectivity index (χ2v) is 4.61. The van der Waals surface area contributed by atoms with Gasteiger partial charge in [-0.3, -0.25) is 10.1 Å². The van der Waals surface area contributed by atoms with E-state index in [4.69, 9.17) is 0 Å². The number of benzene rings is 2. The molecule has 2 aromatic carbocycles. The summed E-state index contributed by atoms with van der Waals surface area (Å²) in [7, 11) is 0. The second-order valence-electron chi connectivity index (χ2n) is 3.83. The summed E-state index contributed by atoms with van der Waals surface area (Å²) in [5, 5.41) is 10.6. The molecule has 6 heteroatoms. The third-order valence-electron chi connectivity index (χ3n) is 2.37. The third-order valence-corrected chi connectivity index (χ3v) is 3.23. The van der Waals surface area contributed by atoms with Crippen LogP contribution in [0.2, 0.25) is 0 Å². The standard InChI is InChI=1S/C13H11FN2O2S/c14-11-4-2-5-12(8-11)15-19-9-10-3-1-6-13(7-10)16(17)18/h1-8,15H,9H2. The molecule has 0 bridgehead atoms. The minimum atomic E-state index is -0.422. The summed E-state index contributed by atoms with van der Waals surface area (Å²) >= 11 is 1.35. The number of halogens is 1. The summed E-state index contributed by atoms with van der Waals surface area (Å²) in [6.45, 7) is 0. The molecular formula is C13H11FN2O2S. The van der Waals surface area contributed by atoms with Gasteiger partial charge in [0.05, 0.1) is 4.92 Å². The summed E-state index contributed by atoms with van der Waals surface area (Å²) < 4.78 is 15.9. The van der Waals surface area contributed by atoms with Crippen molar-refractivity contribution < 1.29 is 9.31 Å². The number of nitrogens with one attached hydrogen (secondary N) is 1. The van der Waals surface area contributed by atoms with Gasteiger partial charge in [-0.2, -0.15) is 0 Å². The lowest BCUT2D eigenvalue weighted by Crippen LogP contribution is -1.92. The average molecular weight is 278 g/mol. The van der Waals surface area contributed by atoms with E-state index in [1.54, 1.807) is 18.2 Å². The van der Waals surface area contributed by atoms with Crippen LogP contribution in [-0.2, 0) is 5.75 Å². The monoisotopic (exact) mass is 278 g/mol. The maximum absolute atomic E-state index is 12.9. The van der Waals surface area contributed by atoms with Gasteiger partial charge in [0.15, 0.2) is 0 Å². The van der Waals surface area contributed by atoms with Crippen molar-refractivity contribution in [3.63, 3.8) is 0 Å². The van der Waals surface area contributed by atoms with E-state index < -0.39 is 4.92 Å². The van der Waals surface area contributed by atoms with E-state index >= 15 is 0 Å². The molecule has 0 aliphatic carbocycles. The number of anilines is 1. The number of nitrogens with zero attached hydrogens (tertiary/aromatic N) is 1. The van der Waals surface area contributed by atoms with E-state index in [1.807, 2.05) is 6.07 Å². The molecule has 19 heavy (non-hydrogen) atoms. The van der Waals surface area contributed by atoms with Crippen molar-refractivity contribution in [3.8, 4) is 0 Å². The SMILES string of the molecule is O=[N+]([O-])c1cccc(CSNc2cccc(F)c2)c1. The fourth-order valence-corrected chi connectivity index (χ4v) is 2.23. The van der Waals surface area contributed by atoms with Gasteiger partial charge in [-0.05, 0) is 35.7 Å². The van der Waals surface area contributed by atoms with Gasteiger partial charge in [-0.1, -0.05) is 18.2 Å². The number of rotatable bonds is 5. The first-order valence-electron chi connectivity index (χ1n) is 5.52. The molecule has 4 nitrogen and oxygen atoms in total. The maximum Gasteiger partial charge on any atom is 0.269 e. The molecule has 0 saturated carbocycles. The van der Waals surface area contributed by atoms with Crippen LogP contribution in [-0.4, -0.2) is 4.92 Å². The van der Waals surface area contributed by atoms with Crippen LogP contribution in [0.4, 0.5) is 15.8 Å². The van der Waals surface area contributed by atoms with Crippen molar-refractivity contribution in [2.45, 2.75) is 5.75 Å². The predicted octanol–water partition coefficient (Wildman–Crippen LogP) is 3.99. The molecule has 98 valence electrons. The Labute approximate surface area is 113 Å². The Morgan fingerprint density at radius 1 is 1.21 bits per heavy atom. The molecule has 2 rings (SSSR count). The number of hydrogen-bond acceptors (Lipinski definition) is 4. The highest BCUT2D eigenvalue weighted by atomic mass is 32.2. The zero-order valence-electron chi connectivity index (χ0n) is 9.88. The Kier molecular flexibility index (Phi) is 4.35. The van der Waals surface area contributed by atoms with Gasteiger partial charge in [-0.25, -0.2) is 4.39 Å². The van der Waals surface area contributed by atoms with Crippen molar-refractivity contribution in [3.05, 3.63) is 70.0 Å². The largest absolute Gasteiger partial charge is 0.329 e. The van der Waals surface area contributed by atoms with Crippen molar-refractivity contribution in [1.82, 2.24) is 0 Å².